The lowest BCUT2D eigenvalue weighted by Gasteiger charge is -2.26. The van der Waals surface area contributed by atoms with Crippen LogP contribution in [0.1, 0.15) is 27.2 Å². The SMILES string of the molecule is CC1OC(C)C(C(=O)N2CCC3(C2)NC(=O)NC3=O)C1C. The van der Waals surface area contributed by atoms with Crippen LogP contribution in [-0.2, 0) is 14.3 Å². The predicted octanol–water partition coefficient (Wildman–Crippen LogP) is -0.144. The molecule has 4 amide bonds. The lowest BCUT2D eigenvalue weighted by atomic mass is 9.88. The molecule has 0 saturated carbocycles. The van der Waals surface area contributed by atoms with E-state index in [9.17, 15) is 14.4 Å². The molecule has 0 aromatic heterocycles. The lowest BCUT2D eigenvalue weighted by molar-refractivity contribution is -0.137. The Morgan fingerprint density at radius 1 is 1.29 bits per heavy atom. The van der Waals surface area contributed by atoms with Crippen LogP contribution in [0.15, 0.2) is 0 Å². The number of nitrogens with zero attached hydrogens (tertiary/aromatic N) is 1. The highest BCUT2D eigenvalue weighted by molar-refractivity contribution is 6.07. The zero-order chi connectivity index (χ0) is 15.4. The first-order valence-electron chi connectivity index (χ1n) is 7.42. The van der Waals surface area contributed by atoms with E-state index in [4.69, 9.17) is 4.74 Å². The highest BCUT2D eigenvalue weighted by atomic mass is 16.5. The van der Waals surface area contributed by atoms with Gasteiger partial charge in [0.25, 0.3) is 5.91 Å². The van der Waals surface area contributed by atoms with Crippen LogP contribution < -0.4 is 10.6 Å². The number of ether oxygens (including phenoxy) is 1. The molecule has 3 saturated heterocycles. The summed E-state index contributed by atoms with van der Waals surface area (Å²) < 4.78 is 5.73. The number of carbonyl (C=O) groups excluding carboxylic acids is 3. The van der Waals surface area contributed by atoms with E-state index in [1.54, 1.807) is 4.90 Å². The minimum absolute atomic E-state index is 0.0187. The molecule has 7 heteroatoms. The van der Waals surface area contributed by atoms with Crippen molar-refractivity contribution in [2.24, 2.45) is 11.8 Å². The molecule has 0 radical (unpaired) electrons. The topological polar surface area (TPSA) is 87.7 Å². The van der Waals surface area contributed by atoms with E-state index in [0.717, 1.165) is 0 Å². The number of urea groups is 1. The normalized spacial score (nSPS) is 42.5. The molecule has 3 aliphatic heterocycles. The van der Waals surface area contributed by atoms with Gasteiger partial charge in [-0.3, -0.25) is 14.9 Å². The average molecular weight is 295 g/mol. The Kier molecular flexibility index (Phi) is 3.20. The maximum absolute atomic E-state index is 12.7. The van der Waals surface area contributed by atoms with Gasteiger partial charge in [0.05, 0.1) is 24.7 Å². The number of nitrogens with one attached hydrogen (secondary N) is 2. The molecule has 3 aliphatic rings. The first-order valence-corrected chi connectivity index (χ1v) is 7.42. The van der Waals surface area contributed by atoms with Gasteiger partial charge in [-0.1, -0.05) is 6.92 Å². The summed E-state index contributed by atoms with van der Waals surface area (Å²) in [6.45, 7) is 6.64. The molecule has 116 valence electrons. The Labute approximate surface area is 123 Å². The smallest absolute Gasteiger partial charge is 0.322 e. The Morgan fingerprint density at radius 3 is 2.52 bits per heavy atom. The lowest BCUT2D eigenvalue weighted by Crippen LogP contribution is -2.50. The standard InChI is InChI=1S/C14H21N3O4/c1-7-8(2)21-9(3)10(7)11(18)17-5-4-14(6-17)12(19)15-13(20)16-14/h7-10H,4-6H2,1-3H3,(H2,15,16,19,20). The van der Waals surface area contributed by atoms with Crippen LogP contribution in [0.5, 0.6) is 0 Å². The highest BCUT2D eigenvalue weighted by Gasteiger charge is 2.53. The zero-order valence-corrected chi connectivity index (χ0v) is 12.5. The van der Waals surface area contributed by atoms with E-state index < -0.39 is 11.6 Å². The third-order valence-electron chi connectivity index (χ3n) is 5.12. The van der Waals surface area contributed by atoms with Crippen molar-refractivity contribution >= 4 is 17.8 Å². The van der Waals surface area contributed by atoms with Crippen molar-refractivity contribution in [2.75, 3.05) is 13.1 Å². The summed E-state index contributed by atoms with van der Waals surface area (Å²) in [5, 5.41) is 4.91. The molecule has 5 atom stereocenters. The van der Waals surface area contributed by atoms with Crippen molar-refractivity contribution < 1.29 is 19.1 Å². The second kappa shape index (κ2) is 4.69. The number of hydrogen-bond acceptors (Lipinski definition) is 4. The molecule has 5 unspecified atom stereocenters. The summed E-state index contributed by atoms with van der Waals surface area (Å²) in [6.07, 6.45) is 0.397. The van der Waals surface area contributed by atoms with Crippen molar-refractivity contribution in [3.63, 3.8) is 0 Å². The number of carbonyl (C=O) groups is 3. The van der Waals surface area contributed by atoms with Crippen molar-refractivity contribution in [1.29, 1.82) is 0 Å². The Balaban J connectivity index is 1.73. The van der Waals surface area contributed by atoms with E-state index in [1.807, 2.05) is 20.8 Å². The maximum Gasteiger partial charge on any atom is 0.322 e. The van der Waals surface area contributed by atoms with Crippen LogP contribution in [-0.4, -0.2) is 53.6 Å². The Morgan fingerprint density at radius 2 is 2.00 bits per heavy atom. The third-order valence-corrected chi connectivity index (χ3v) is 5.12. The van der Waals surface area contributed by atoms with Crippen LogP contribution >= 0.6 is 0 Å². The van der Waals surface area contributed by atoms with Gasteiger partial charge in [0.15, 0.2) is 0 Å². The van der Waals surface area contributed by atoms with Crippen LogP contribution in [0.25, 0.3) is 0 Å². The molecular weight excluding hydrogens is 274 g/mol. The highest BCUT2D eigenvalue weighted by Crippen LogP contribution is 2.35. The second-order valence-corrected chi connectivity index (χ2v) is 6.43. The Bertz CT molecular complexity index is 508. The van der Waals surface area contributed by atoms with Gasteiger partial charge in [-0.25, -0.2) is 4.79 Å². The van der Waals surface area contributed by atoms with E-state index in [2.05, 4.69) is 10.6 Å². The minimum Gasteiger partial charge on any atom is -0.374 e. The van der Waals surface area contributed by atoms with Gasteiger partial charge in [-0.2, -0.15) is 0 Å². The molecule has 1 spiro atoms. The largest absolute Gasteiger partial charge is 0.374 e. The van der Waals surface area contributed by atoms with Crippen LogP contribution in [0.3, 0.4) is 0 Å². The third kappa shape index (κ3) is 2.10. The van der Waals surface area contributed by atoms with E-state index in [1.165, 1.54) is 0 Å². The fourth-order valence-electron chi connectivity index (χ4n) is 3.72. The van der Waals surface area contributed by atoms with E-state index in [0.29, 0.717) is 13.0 Å². The molecule has 3 fully saturated rings. The summed E-state index contributed by atoms with van der Waals surface area (Å²) in [7, 11) is 0. The molecule has 0 aromatic carbocycles. The number of amides is 4. The summed E-state index contributed by atoms with van der Waals surface area (Å²) >= 11 is 0. The summed E-state index contributed by atoms with van der Waals surface area (Å²) in [5.41, 5.74) is -0.940. The number of imide groups is 1. The van der Waals surface area contributed by atoms with Crippen molar-refractivity contribution in [2.45, 2.75) is 44.9 Å². The predicted molar refractivity (Wildman–Crippen MR) is 73.3 cm³/mol. The second-order valence-electron chi connectivity index (χ2n) is 6.43. The van der Waals surface area contributed by atoms with Gasteiger partial charge in [-0.15, -0.1) is 0 Å². The molecule has 7 nitrogen and oxygen atoms in total. The Hall–Kier alpha value is -1.63. The van der Waals surface area contributed by atoms with Gasteiger partial charge in [0, 0.05) is 6.54 Å². The fourth-order valence-corrected chi connectivity index (χ4v) is 3.72. The minimum atomic E-state index is -0.940. The monoisotopic (exact) mass is 295 g/mol. The molecule has 0 aliphatic carbocycles. The van der Waals surface area contributed by atoms with Gasteiger partial charge < -0.3 is 15.0 Å². The van der Waals surface area contributed by atoms with Crippen LogP contribution in [0.2, 0.25) is 0 Å². The van der Waals surface area contributed by atoms with Crippen molar-refractivity contribution in [1.82, 2.24) is 15.5 Å². The van der Waals surface area contributed by atoms with Crippen molar-refractivity contribution in [3.05, 3.63) is 0 Å². The first-order chi connectivity index (χ1) is 9.84. The van der Waals surface area contributed by atoms with Gasteiger partial charge in [-0.05, 0) is 26.2 Å². The zero-order valence-electron chi connectivity index (χ0n) is 12.5. The molecule has 2 N–H and O–H groups in total. The number of likely N-dealkylation sites (tertiary alicyclic amines) is 1. The molecule has 21 heavy (non-hydrogen) atoms. The number of hydrogen-bond donors (Lipinski definition) is 2. The quantitative estimate of drug-likeness (QED) is 0.659. The fraction of sp³-hybridized carbons (Fsp3) is 0.786. The van der Waals surface area contributed by atoms with Crippen LogP contribution in [0, 0.1) is 11.8 Å². The molecule has 3 heterocycles. The molecule has 0 aromatic rings. The van der Waals surface area contributed by atoms with Gasteiger partial charge in [0.2, 0.25) is 5.91 Å². The average Bonchev–Trinajstić information content (AvgIpc) is 3.01. The first kappa shape index (κ1) is 14.3. The van der Waals surface area contributed by atoms with Crippen LogP contribution in [0.4, 0.5) is 4.79 Å². The molecule has 3 rings (SSSR count). The summed E-state index contributed by atoms with van der Waals surface area (Å²) in [6, 6.07) is -0.478. The molecule has 0 bridgehead atoms. The maximum atomic E-state index is 12.7. The summed E-state index contributed by atoms with van der Waals surface area (Å²) in [5.74, 6) is -0.350. The number of rotatable bonds is 1. The van der Waals surface area contributed by atoms with E-state index in [-0.39, 0.29) is 42.4 Å². The van der Waals surface area contributed by atoms with Gasteiger partial charge in [0.1, 0.15) is 5.54 Å². The van der Waals surface area contributed by atoms with Crippen molar-refractivity contribution in [3.8, 4) is 0 Å². The molecular formula is C14H21N3O4. The van der Waals surface area contributed by atoms with Gasteiger partial charge >= 0.3 is 6.03 Å². The van der Waals surface area contributed by atoms with E-state index >= 15 is 0 Å². The summed E-state index contributed by atoms with van der Waals surface area (Å²) in [4.78, 5) is 37.7.